The standard InChI is InChI=1S/C27H23N5O8/c33-11-19-21(34)22(37-14-38-27(36)18-10-16-8-4-5-9-17(16)39-18)26(40-19)32-13-30-20-23(28-12-29-24(20)32)31-25(35)15-6-2-1-3-7-15/h1-10,12-13,19,21-22,26,33-34H,11,14H2,(H,28,29,31,35)/t19-,21-,22-,26-/m1/s1. The Hall–Kier alpha value is -4.69. The Balaban J connectivity index is 1.20. The maximum Gasteiger partial charge on any atom is 0.376 e. The van der Waals surface area contributed by atoms with Crippen LogP contribution in [0.5, 0.6) is 0 Å². The fourth-order valence-electron chi connectivity index (χ4n) is 4.49. The van der Waals surface area contributed by atoms with E-state index in [2.05, 4.69) is 20.3 Å². The van der Waals surface area contributed by atoms with Gasteiger partial charge in [-0.25, -0.2) is 19.7 Å². The number of imidazole rings is 1. The molecule has 3 N–H and O–H groups in total. The predicted molar refractivity (Wildman–Crippen MR) is 138 cm³/mol. The maximum absolute atomic E-state index is 12.7. The third-order valence-electron chi connectivity index (χ3n) is 6.47. The van der Waals surface area contributed by atoms with Gasteiger partial charge in [0.25, 0.3) is 5.91 Å². The van der Waals surface area contributed by atoms with Crippen molar-refractivity contribution < 1.29 is 38.4 Å². The molecule has 0 spiro atoms. The summed E-state index contributed by atoms with van der Waals surface area (Å²) in [5.41, 5.74) is 1.52. The molecule has 204 valence electrons. The third-order valence-corrected chi connectivity index (χ3v) is 6.47. The van der Waals surface area contributed by atoms with E-state index in [1.807, 2.05) is 6.07 Å². The number of para-hydroxylation sites is 1. The summed E-state index contributed by atoms with van der Waals surface area (Å²) in [7, 11) is 0. The van der Waals surface area contributed by atoms with Crippen molar-refractivity contribution in [2.75, 3.05) is 18.7 Å². The molecule has 0 unspecified atom stereocenters. The topological polar surface area (TPSA) is 171 Å². The van der Waals surface area contributed by atoms with E-state index in [-0.39, 0.29) is 28.6 Å². The summed E-state index contributed by atoms with van der Waals surface area (Å²) in [5.74, 6) is -0.956. The van der Waals surface area contributed by atoms with E-state index in [1.165, 1.54) is 17.2 Å². The van der Waals surface area contributed by atoms with Gasteiger partial charge in [-0.2, -0.15) is 0 Å². The summed E-state index contributed by atoms with van der Waals surface area (Å²) in [6, 6.07) is 17.3. The fourth-order valence-corrected chi connectivity index (χ4v) is 4.49. The molecule has 1 aliphatic heterocycles. The molecular weight excluding hydrogens is 522 g/mol. The molecule has 0 radical (unpaired) electrons. The van der Waals surface area contributed by atoms with Crippen molar-refractivity contribution in [2.45, 2.75) is 24.5 Å². The first-order valence-electron chi connectivity index (χ1n) is 12.3. The minimum atomic E-state index is -1.27. The molecule has 40 heavy (non-hydrogen) atoms. The first-order chi connectivity index (χ1) is 19.5. The van der Waals surface area contributed by atoms with Crippen LogP contribution in [0.2, 0.25) is 0 Å². The van der Waals surface area contributed by atoms with Gasteiger partial charge in [-0.15, -0.1) is 0 Å². The number of ether oxygens (including phenoxy) is 3. The SMILES string of the molecule is O=C(Nc1ncnc2c1ncn2[C@@H]1O[C@H](CO)[C@@H](O)[C@H]1OCOC(=O)c1cc2ccccc2o1)c1ccccc1. The second kappa shape index (κ2) is 10.8. The third kappa shape index (κ3) is 4.78. The summed E-state index contributed by atoms with van der Waals surface area (Å²) >= 11 is 0. The van der Waals surface area contributed by atoms with Crippen LogP contribution in [0, 0.1) is 0 Å². The van der Waals surface area contributed by atoms with Gasteiger partial charge in [0.2, 0.25) is 5.76 Å². The first-order valence-corrected chi connectivity index (χ1v) is 12.3. The summed E-state index contributed by atoms with van der Waals surface area (Å²) in [6.45, 7) is -1.02. The highest BCUT2D eigenvalue weighted by atomic mass is 16.7. The van der Waals surface area contributed by atoms with Gasteiger partial charge in [0.05, 0.1) is 12.9 Å². The van der Waals surface area contributed by atoms with E-state index in [9.17, 15) is 19.8 Å². The number of carbonyl (C=O) groups is 2. The van der Waals surface area contributed by atoms with Gasteiger partial charge in [-0.1, -0.05) is 36.4 Å². The van der Waals surface area contributed by atoms with E-state index in [0.717, 1.165) is 5.39 Å². The second-order valence-electron chi connectivity index (χ2n) is 8.93. The number of anilines is 1. The number of carbonyl (C=O) groups excluding carboxylic acids is 2. The molecule has 2 aromatic carbocycles. The van der Waals surface area contributed by atoms with Crippen LogP contribution in [0.1, 0.15) is 27.1 Å². The van der Waals surface area contributed by atoms with Gasteiger partial charge in [0, 0.05) is 10.9 Å². The van der Waals surface area contributed by atoms with E-state index >= 15 is 0 Å². The van der Waals surface area contributed by atoms with Gasteiger partial charge in [0.15, 0.2) is 30.0 Å². The Morgan fingerprint density at radius 3 is 2.65 bits per heavy atom. The van der Waals surface area contributed by atoms with E-state index < -0.39 is 43.9 Å². The fraction of sp³-hybridized carbons (Fsp3) is 0.222. The number of nitrogens with one attached hydrogen (secondary N) is 1. The van der Waals surface area contributed by atoms with Crippen molar-refractivity contribution in [3.8, 4) is 0 Å². The first kappa shape index (κ1) is 25.6. The zero-order valence-electron chi connectivity index (χ0n) is 20.8. The Morgan fingerprint density at radius 2 is 1.85 bits per heavy atom. The number of hydrogen-bond donors (Lipinski definition) is 3. The van der Waals surface area contributed by atoms with E-state index in [0.29, 0.717) is 11.1 Å². The lowest BCUT2D eigenvalue weighted by Gasteiger charge is -2.21. The van der Waals surface area contributed by atoms with Gasteiger partial charge >= 0.3 is 5.97 Å². The van der Waals surface area contributed by atoms with E-state index in [4.69, 9.17) is 18.6 Å². The van der Waals surface area contributed by atoms with Crippen LogP contribution >= 0.6 is 0 Å². The Morgan fingerprint density at radius 1 is 1.05 bits per heavy atom. The van der Waals surface area contributed by atoms with Crippen molar-refractivity contribution in [2.24, 2.45) is 0 Å². The highest BCUT2D eigenvalue weighted by Gasteiger charge is 2.46. The largest absolute Gasteiger partial charge is 0.449 e. The lowest BCUT2D eigenvalue weighted by Crippen LogP contribution is -2.36. The lowest BCUT2D eigenvalue weighted by molar-refractivity contribution is -0.121. The molecule has 1 fully saturated rings. The zero-order valence-corrected chi connectivity index (χ0v) is 20.8. The Bertz CT molecular complexity index is 1640. The number of aliphatic hydroxyl groups excluding tert-OH is 2. The quantitative estimate of drug-likeness (QED) is 0.193. The van der Waals surface area contributed by atoms with Crippen molar-refractivity contribution in [3.63, 3.8) is 0 Å². The predicted octanol–water partition coefficient (Wildman–Crippen LogP) is 2.28. The van der Waals surface area contributed by atoms with Crippen LogP contribution in [-0.4, -0.2) is 73.3 Å². The van der Waals surface area contributed by atoms with Crippen LogP contribution < -0.4 is 5.32 Å². The molecule has 13 heteroatoms. The maximum atomic E-state index is 12.7. The van der Waals surface area contributed by atoms with Crippen LogP contribution in [0.15, 0.2) is 77.7 Å². The van der Waals surface area contributed by atoms with E-state index in [1.54, 1.807) is 54.6 Å². The number of hydrogen-bond acceptors (Lipinski definition) is 11. The highest BCUT2D eigenvalue weighted by molar-refractivity contribution is 6.06. The number of aromatic nitrogens is 4. The summed E-state index contributed by atoms with van der Waals surface area (Å²) < 4.78 is 23.8. The number of esters is 1. The summed E-state index contributed by atoms with van der Waals surface area (Å²) in [5, 5.41) is 24.0. The number of amides is 1. The molecule has 0 bridgehead atoms. The molecule has 6 rings (SSSR count). The van der Waals surface area contributed by atoms with Gasteiger partial charge in [-0.3, -0.25) is 9.36 Å². The number of furan rings is 1. The summed E-state index contributed by atoms with van der Waals surface area (Å²) in [6.07, 6.45) is -1.69. The van der Waals surface area contributed by atoms with Crippen LogP contribution in [0.4, 0.5) is 5.82 Å². The van der Waals surface area contributed by atoms with Crippen molar-refractivity contribution in [1.29, 1.82) is 0 Å². The average molecular weight is 546 g/mol. The van der Waals surface area contributed by atoms with Crippen LogP contribution in [-0.2, 0) is 14.2 Å². The molecule has 1 aliphatic rings. The highest BCUT2D eigenvalue weighted by Crippen LogP contribution is 2.34. The van der Waals surface area contributed by atoms with Crippen LogP contribution in [0.25, 0.3) is 22.1 Å². The normalized spacial score (nSPS) is 20.6. The molecular formula is C27H23N5O8. The summed E-state index contributed by atoms with van der Waals surface area (Å²) in [4.78, 5) is 37.9. The molecule has 4 atom stereocenters. The molecule has 0 aliphatic carbocycles. The molecule has 3 aromatic heterocycles. The molecule has 4 heterocycles. The van der Waals surface area contributed by atoms with Gasteiger partial charge in [-0.05, 0) is 24.3 Å². The van der Waals surface area contributed by atoms with Gasteiger partial charge < -0.3 is 34.2 Å². The van der Waals surface area contributed by atoms with Gasteiger partial charge in [0.1, 0.15) is 30.2 Å². The average Bonchev–Trinajstić information content (AvgIpc) is 3.69. The van der Waals surface area contributed by atoms with Crippen molar-refractivity contribution >= 4 is 39.8 Å². The molecule has 13 nitrogen and oxygen atoms in total. The van der Waals surface area contributed by atoms with Crippen molar-refractivity contribution in [3.05, 3.63) is 84.6 Å². The minimum Gasteiger partial charge on any atom is -0.449 e. The lowest BCUT2D eigenvalue weighted by atomic mass is 10.1. The number of aliphatic hydroxyl groups is 2. The molecule has 1 saturated heterocycles. The molecule has 5 aromatic rings. The molecule has 0 saturated carbocycles. The number of fused-ring (bicyclic) bond motifs is 2. The second-order valence-corrected chi connectivity index (χ2v) is 8.93. The van der Waals surface area contributed by atoms with Crippen LogP contribution in [0.3, 0.4) is 0 Å². The number of rotatable bonds is 8. The number of benzene rings is 2. The van der Waals surface area contributed by atoms with Crippen molar-refractivity contribution in [1.82, 2.24) is 19.5 Å². The number of nitrogens with zero attached hydrogens (tertiary/aromatic N) is 4. The molecule has 1 amide bonds. The Labute approximate surface area is 225 Å². The smallest absolute Gasteiger partial charge is 0.376 e. The Kier molecular flexibility index (Phi) is 6.92. The zero-order chi connectivity index (χ0) is 27.6. The monoisotopic (exact) mass is 545 g/mol. The minimum absolute atomic E-state index is 0.000174.